The van der Waals surface area contributed by atoms with Crippen LogP contribution in [0.25, 0.3) is 0 Å². The number of rotatable bonds is 4. The summed E-state index contributed by atoms with van der Waals surface area (Å²) in [5.41, 5.74) is 1.02. The summed E-state index contributed by atoms with van der Waals surface area (Å²) in [6, 6.07) is 4.24. The monoisotopic (exact) mass is 276 g/mol. The lowest BCUT2D eigenvalue weighted by Crippen LogP contribution is -2.12. The molecule has 0 radical (unpaired) electrons. The number of carbonyl (C=O) groups is 2. The van der Waals surface area contributed by atoms with Crippen molar-refractivity contribution >= 4 is 17.6 Å². The molecular weight excluding hydrogens is 264 g/mol. The summed E-state index contributed by atoms with van der Waals surface area (Å²) in [4.78, 5) is 22.9. The third kappa shape index (κ3) is 2.61. The van der Waals surface area contributed by atoms with Crippen molar-refractivity contribution < 1.29 is 24.0 Å². The van der Waals surface area contributed by atoms with Gasteiger partial charge in [-0.1, -0.05) is 5.16 Å². The SMILES string of the molecule is COc1cc(NC(=O)c2oncc2C)ccc1C(=O)O. The third-order valence-corrected chi connectivity index (χ3v) is 2.64. The summed E-state index contributed by atoms with van der Waals surface area (Å²) in [7, 11) is 1.36. The fraction of sp³-hybridized carbons (Fsp3) is 0.154. The average Bonchev–Trinajstić information content (AvgIpc) is 2.84. The van der Waals surface area contributed by atoms with Crippen LogP contribution in [0.4, 0.5) is 5.69 Å². The van der Waals surface area contributed by atoms with E-state index in [1.165, 1.54) is 31.5 Å². The van der Waals surface area contributed by atoms with Crippen LogP contribution in [0.2, 0.25) is 0 Å². The highest BCUT2D eigenvalue weighted by molar-refractivity contribution is 6.03. The average molecular weight is 276 g/mol. The van der Waals surface area contributed by atoms with Crippen molar-refractivity contribution in [1.82, 2.24) is 5.16 Å². The van der Waals surface area contributed by atoms with E-state index in [0.717, 1.165) is 0 Å². The van der Waals surface area contributed by atoms with Gasteiger partial charge >= 0.3 is 5.97 Å². The molecule has 7 heteroatoms. The Morgan fingerprint density at radius 3 is 2.70 bits per heavy atom. The van der Waals surface area contributed by atoms with Crippen molar-refractivity contribution in [2.24, 2.45) is 0 Å². The minimum atomic E-state index is -1.11. The highest BCUT2D eigenvalue weighted by Gasteiger charge is 2.16. The Kier molecular flexibility index (Phi) is 3.69. The molecule has 0 aliphatic heterocycles. The number of nitrogens with one attached hydrogen (secondary N) is 1. The fourth-order valence-corrected chi connectivity index (χ4v) is 1.64. The Balaban J connectivity index is 2.24. The van der Waals surface area contributed by atoms with Crippen molar-refractivity contribution in [1.29, 1.82) is 0 Å². The normalized spacial score (nSPS) is 10.1. The summed E-state index contributed by atoms with van der Waals surface area (Å²) in [6.45, 7) is 1.69. The number of ether oxygens (including phenoxy) is 1. The van der Waals surface area contributed by atoms with Gasteiger partial charge in [-0.2, -0.15) is 0 Å². The second kappa shape index (κ2) is 5.43. The zero-order chi connectivity index (χ0) is 14.7. The maximum Gasteiger partial charge on any atom is 0.339 e. The third-order valence-electron chi connectivity index (χ3n) is 2.64. The molecule has 0 unspecified atom stereocenters. The fourth-order valence-electron chi connectivity index (χ4n) is 1.64. The van der Waals surface area contributed by atoms with E-state index < -0.39 is 11.9 Å². The number of nitrogens with zero attached hydrogens (tertiary/aromatic N) is 1. The van der Waals surface area contributed by atoms with Crippen molar-refractivity contribution in [3.05, 3.63) is 41.3 Å². The van der Waals surface area contributed by atoms with E-state index in [9.17, 15) is 9.59 Å². The molecule has 1 aromatic carbocycles. The predicted molar refractivity (Wildman–Crippen MR) is 69.1 cm³/mol. The smallest absolute Gasteiger partial charge is 0.339 e. The Morgan fingerprint density at radius 2 is 2.15 bits per heavy atom. The molecule has 0 fully saturated rings. The topological polar surface area (TPSA) is 102 Å². The molecule has 0 bridgehead atoms. The number of methoxy groups -OCH3 is 1. The van der Waals surface area contributed by atoms with Gasteiger partial charge in [0.2, 0.25) is 5.76 Å². The van der Waals surface area contributed by atoms with Crippen molar-refractivity contribution in [3.8, 4) is 5.75 Å². The molecule has 0 spiro atoms. The number of hydrogen-bond donors (Lipinski definition) is 2. The van der Waals surface area contributed by atoms with Gasteiger partial charge in [0.15, 0.2) is 0 Å². The molecule has 1 heterocycles. The first kappa shape index (κ1) is 13.6. The van der Waals surface area contributed by atoms with Crippen molar-refractivity contribution in [2.75, 3.05) is 12.4 Å². The summed E-state index contributed by atoms with van der Waals surface area (Å²) in [6.07, 6.45) is 1.43. The molecular formula is C13H12N2O5. The van der Waals surface area contributed by atoms with Gasteiger partial charge < -0.3 is 19.7 Å². The van der Waals surface area contributed by atoms with Crippen LogP contribution >= 0.6 is 0 Å². The standard InChI is InChI=1S/C13H12N2O5/c1-7-6-14-20-11(7)12(16)15-8-3-4-9(13(17)18)10(5-8)19-2/h3-6H,1-2H3,(H,15,16)(H,17,18). The number of hydrogen-bond acceptors (Lipinski definition) is 5. The second-order valence-electron chi connectivity index (χ2n) is 4.01. The zero-order valence-corrected chi connectivity index (χ0v) is 10.8. The minimum Gasteiger partial charge on any atom is -0.496 e. The van der Waals surface area contributed by atoms with E-state index in [4.69, 9.17) is 14.4 Å². The summed E-state index contributed by atoms with van der Waals surface area (Å²) in [5.74, 6) is -1.31. The maximum atomic E-state index is 11.9. The van der Waals surface area contributed by atoms with Crippen LogP contribution in [0.1, 0.15) is 26.5 Å². The molecule has 2 rings (SSSR count). The molecule has 0 aliphatic rings. The lowest BCUT2D eigenvalue weighted by molar-refractivity contribution is 0.0693. The molecule has 20 heavy (non-hydrogen) atoms. The second-order valence-corrected chi connectivity index (χ2v) is 4.01. The lowest BCUT2D eigenvalue weighted by Gasteiger charge is -2.08. The largest absolute Gasteiger partial charge is 0.496 e. The molecule has 2 N–H and O–H groups in total. The number of aromatic nitrogens is 1. The van der Waals surface area contributed by atoms with Crippen molar-refractivity contribution in [3.63, 3.8) is 0 Å². The summed E-state index contributed by atoms with van der Waals surface area (Å²) >= 11 is 0. The minimum absolute atomic E-state index is 0.0151. The van der Waals surface area contributed by atoms with E-state index >= 15 is 0 Å². The van der Waals surface area contributed by atoms with Crippen LogP contribution in [0.3, 0.4) is 0 Å². The number of carboxylic acids is 1. The van der Waals surface area contributed by atoms with Gasteiger partial charge in [-0.25, -0.2) is 4.79 Å². The van der Waals surface area contributed by atoms with E-state index in [-0.39, 0.29) is 17.1 Å². The van der Waals surface area contributed by atoms with Gasteiger partial charge in [0.1, 0.15) is 11.3 Å². The Morgan fingerprint density at radius 1 is 1.40 bits per heavy atom. The number of aromatic carboxylic acids is 1. The maximum absolute atomic E-state index is 11.9. The number of aryl methyl sites for hydroxylation is 1. The number of benzene rings is 1. The van der Waals surface area contributed by atoms with Crippen LogP contribution in [0, 0.1) is 6.92 Å². The molecule has 0 saturated carbocycles. The van der Waals surface area contributed by atoms with Gasteiger partial charge in [-0.15, -0.1) is 0 Å². The number of carboxylic acid groups (broad SMARTS) is 1. The summed E-state index contributed by atoms with van der Waals surface area (Å²) < 4.78 is 9.80. The van der Waals surface area contributed by atoms with E-state index in [1.54, 1.807) is 6.92 Å². The van der Waals surface area contributed by atoms with Crippen molar-refractivity contribution in [2.45, 2.75) is 6.92 Å². The molecule has 0 aliphatic carbocycles. The molecule has 104 valence electrons. The van der Waals surface area contributed by atoms with Gasteiger partial charge in [0.05, 0.1) is 13.3 Å². The number of amides is 1. The quantitative estimate of drug-likeness (QED) is 0.884. The number of carbonyl (C=O) groups excluding carboxylic acids is 1. The first-order valence-electron chi connectivity index (χ1n) is 5.67. The first-order valence-corrected chi connectivity index (χ1v) is 5.67. The van der Waals surface area contributed by atoms with E-state index in [0.29, 0.717) is 11.3 Å². The molecule has 0 saturated heterocycles. The van der Waals surface area contributed by atoms with Gasteiger partial charge in [0, 0.05) is 17.3 Å². The van der Waals surface area contributed by atoms with Crippen LogP contribution in [-0.2, 0) is 0 Å². The van der Waals surface area contributed by atoms with E-state index in [2.05, 4.69) is 10.5 Å². The number of anilines is 1. The summed E-state index contributed by atoms with van der Waals surface area (Å²) in [5, 5.41) is 15.1. The zero-order valence-electron chi connectivity index (χ0n) is 10.8. The molecule has 1 amide bonds. The Labute approximate surface area is 114 Å². The first-order chi connectivity index (χ1) is 9.52. The van der Waals surface area contributed by atoms with E-state index in [1.807, 2.05) is 0 Å². The molecule has 1 aromatic heterocycles. The Hall–Kier alpha value is -2.83. The lowest BCUT2D eigenvalue weighted by atomic mass is 10.1. The molecule has 7 nitrogen and oxygen atoms in total. The predicted octanol–water partition coefficient (Wildman–Crippen LogP) is 1.94. The van der Waals surface area contributed by atoms with Crippen LogP contribution in [-0.4, -0.2) is 29.2 Å². The van der Waals surface area contributed by atoms with Gasteiger partial charge in [0.25, 0.3) is 5.91 Å². The highest BCUT2D eigenvalue weighted by Crippen LogP contribution is 2.23. The molecule has 2 aromatic rings. The van der Waals surface area contributed by atoms with Crippen LogP contribution in [0.15, 0.2) is 28.9 Å². The Bertz CT molecular complexity index is 663. The van der Waals surface area contributed by atoms with Crippen LogP contribution in [0.5, 0.6) is 5.75 Å². The molecule has 0 atom stereocenters. The highest BCUT2D eigenvalue weighted by atomic mass is 16.5. The van der Waals surface area contributed by atoms with Crippen LogP contribution < -0.4 is 10.1 Å². The van der Waals surface area contributed by atoms with Gasteiger partial charge in [-0.3, -0.25) is 4.79 Å². The van der Waals surface area contributed by atoms with Gasteiger partial charge in [-0.05, 0) is 19.1 Å².